The third kappa shape index (κ3) is 4.07. The Balaban J connectivity index is 1.20. The van der Waals surface area contributed by atoms with Crippen LogP contribution in [0.3, 0.4) is 0 Å². The van der Waals surface area contributed by atoms with Crippen LogP contribution in [0.5, 0.6) is 0 Å². The SMILES string of the molecule is CCCC1CC(O)=C2OC(=O)C34C5=C(CCC23C2(OC(=O)c3c(CCCN)cccc32)C4CCC)C2C3=C(CCC4C6CC(CN1C6)CN34)CC(C)C2C=C5. The highest BCUT2D eigenvalue weighted by Gasteiger charge is 2.93. The van der Waals surface area contributed by atoms with Crippen molar-refractivity contribution in [3.8, 4) is 0 Å². The smallest absolute Gasteiger partial charge is 0.339 e. The van der Waals surface area contributed by atoms with E-state index < -0.39 is 16.4 Å². The number of aliphatic hydroxyl groups is 1. The van der Waals surface area contributed by atoms with Crippen LogP contribution in [0.2, 0.25) is 0 Å². The molecule has 8 heteroatoms. The van der Waals surface area contributed by atoms with Crippen LogP contribution >= 0.6 is 0 Å². The summed E-state index contributed by atoms with van der Waals surface area (Å²) in [6, 6.07) is 6.87. The number of aryl methyl sites for hydroxylation is 1. The number of hydrogen-bond acceptors (Lipinski definition) is 8. The Labute approximate surface area is 326 Å². The molecule has 4 fully saturated rings. The van der Waals surface area contributed by atoms with Crippen LogP contribution in [0, 0.1) is 46.3 Å². The number of esters is 2. The second kappa shape index (κ2) is 12.1. The molecule has 3 N–H and O–H groups in total. The minimum absolute atomic E-state index is 0.143. The lowest BCUT2D eigenvalue weighted by Gasteiger charge is -2.71. The zero-order valence-electron chi connectivity index (χ0n) is 33.1. The maximum absolute atomic E-state index is 15.5. The molecule has 3 saturated heterocycles. The Hall–Kier alpha value is -3.36. The van der Waals surface area contributed by atoms with Gasteiger partial charge in [-0.3, -0.25) is 9.69 Å². The molecule has 8 nitrogen and oxygen atoms in total. The van der Waals surface area contributed by atoms with E-state index in [0.717, 1.165) is 74.9 Å². The number of hydrogen-bond donors (Lipinski definition) is 2. The van der Waals surface area contributed by atoms with Crippen LogP contribution in [0.1, 0.15) is 119 Å². The van der Waals surface area contributed by atoms with Crippen molar-refractivity contribution in [2.24, 2.45) is 52.1 Å². The molecule has 55 heavy (non-hydrogen) atoms. The average molecular weight is 746 g/mol. The normalized spacial score (nSPS) is 42.8. The van der Waals surface area contributed by atoms with Crippen LogP contribution in [0.15, 0.2) is 64.3 Å². The van der Waals surface area contributed by atoms with E-state index in [1.165, 1.54) is 24.8 Å². The van der Waals surface area contributed by atoms with Gasteiger partial charge in [0.1, 0.15) is 11.2 Å². The number of allylic oxidation sites excluding steroid dienone is 4. The molecular formula is C47H59N3O5. The summed E-state index contributed by atoms with van der Waals surface area (Å²) in [6.07, 6.45) is 16.5. The highest BCUT2D eigenvalue weighted by Crippen LogP contribution is 2.87. The van der Waals surface area contributed by atoms with Crippen molar-refractivity contribution < 1.29 is 24.2 Å². The van der Waals surface area contributed by atoms with Gasteiger partial charge in [0.25, 0.3) is 0 Å². The lowest BCUT2D eigenvalue weighted by Crippen LogP contribution is -2.77. The number of nitrogens with two attached hydrogens (primary N) is 1. The monoisotopic (exact) mass is 745 g/mol. The molecule has 9 heterocycles. The number of carbonyl (C=O) groups is 2. The maximum Gasteiger partial charge on any atom is 0.339 e. The van der Waals surface area contributed by atoms with E-state index in [0.29, 0.717) is 73.3 Å². The van der Waals surface area contributed by atoms with Crippen LogP contribution in [-0.2, 0) is 26.3 Å². The molecule has 12 bridgehead atoms. The first-order valence-electron chi connectivity index (χ1n) is 22.1. The summed E-state index contributed by atoms with van der Waals surface area (Å²) in [5, 5.41) is 12.8. The number of nitrogens with zero attached hydrogens (tertiary/aromatic N) is 2. The first-order valence-corrected chi connectivity index (χ1v) is 22.1. The molecule has 0 amide bonds. The van der Waals surface area contributed by atoms with Gasteiger partial charge in [0.05, 0.1) is 11.0 Å². The molecule has 9 aliphatic heterocycles. The van der Waals surface area contributed by atoms with Gasteiger partial charge in [0.2, 0.25) is 0 Å². The molecule has 2 spiro atoms. The van der Waals surface area contributed by atoms with Gasteiger partial charge in [-0.2, -0.15) is 0 Å². The highest BCUT2D eigenvalue weighted by atomic mass is 16.6. The van der Waals surface area contributed by atoms with Crippen LogP contribution in [0.25, 0.3) is 0 Å². The first kappa shape index (κ1) is 34.9. The van der Waals surface area contributed by atoms with E-state index in [4.69, 9.17) is 15.2 Å². The van der Waals surface area contributed by atoms with Gasteiger partial charge in [0, 0.05) is 61.2 Å². The fourth-order valence-corrected chi connectivity index (χ4v) is 15.4. The summed E-state index contributed by atoms with van der Waals surface area (Å²) in [4.78, 5) is 35.6. The molecule has 0 aromatic heterocycles. The molecule has 14 rings (SSSR count). The summed E-state index contributed by atoms with van der Waals surface area (Å²) in [5.74, 6) is 2.08. The maximum atomic E-state index is 15.5. The zero-order chi connectivity index (χ0) is 37.6. The lowest BCUT2D eigenvalue weighted by molar-refractivity contribution is -0.275. The topological polar surface area (TPSA) is 105 Å². The van der Waals surface area contributed by atoms with Crippen molar-refractivity contribution in [1.29, 1.82) is 0 Å². The molecule has 1 saturated carbocycles. The quantitative estimate of drug-likeness (QED) is 0.272. The van der Waals surface area contributed by atoms with Gasteiger partial charge in [-0.1, -0.05) is 75.1 Å². The molecule has 0 radical (unpaired) electrons. The third-order valence-corrected chi connectivity index (χ3v) is 17.0. The number of carbonyl (C=O) groups excluding carboxylic acids is 2. The van der Waals surface area contributed by atoms with E-state index in [1.807, 2.05) is 6.07 Å². The molecule has 12 unspecified atom stereocenters. The lowest BCUT2D eigenvalue weighted by atomic mass is 9.29. The summed E-state index contributed by atoms with van der Waals surface area (Å²) >= 11 is 0. The minimum Gasteiger partial charge on any atom is -0.509 e. The highest BCUT2D eigenvalue weighted by molar-refractivity contribution is 6.00. The van der Waals surface area contributed by atoms with Crippen molar-refractivity contribution in [2.75, 3.05) is 26.2 Å². The van der Waals surface area contributed by atoms with Crippen molar-refractivity contribution >= 4 is 11.9 Å². The van der Waals surface area contributed by atoms with Crippen LogP contribution < -0.4 is 5.73 Å². The van der Waals surface area contributed by atoms with Gasteiger partial charge < -0.3 is 25.2 Å². The number of rotatable bonds is 7. The second-order valence-electron chi connectivity index (χ2n) is 19.3. The fourth-order valence-electron chi connectivity index (χ4n) is 15.4. The molecule has 292 valence electrons. The Bertz CT molecular complexity index is 2010. The number of piperidine rings is 2. The number of fused-ring (bicyclic) bond motifs is 2. The van der Waals surface area contributed by atoms with Gasteiger partial charge in [0.15, 0.2) is 11.4 Å². The predicted octanol–water partition coefficient (Wildman–Crippen LogP) is 7.85. The molecule has 1 aromatic rings. The summed E-state index contributed by atoms with van der Waals surface area (Å²) in [7, 11) is 0. The first-order chi connectivity index (χ1) is 26.7. The summed E-state index contributed by atoms with van der Waals surface area (Å²) < 4.78 is 13.7. The molecule has 1 aromatic carbocycles. The van der Waals surface area contributed by atoms with Crippen molar-refractivity contribution in [2.45, 2.75) is 122 Å². The molecule has 13 aliphatic rings. The number of ether oxygens (including phenoxy) is 2. The molecular weight excluding hydrogens is 687 g/mol. The largest absolute Gasteiger partial charge is 0.509 e. The van der Waals surface area contributed by atoms with Crippen LogP contribution in [0.4, 0.5) is 0 Å². The van der Waals surface area contributed by atoms with Crippen molar-refractivity contribution in [1.82, 2.24) is 9.80 Å². The fraction of sp³-hybridized carbons (Fsp3) is 0.660. The average Bonchev–Trinajstić information content (AvgIpc) is 3.64. The van der Waals surface area contributed by atoms with E-state index in [1.54, 1.807) is 11.3 Å². The summed E-state index contributed by atoms with van der Waals surface area (Å²) in [6.45, 7) is 10.6. The third-order valence-electron chi connectivity index (χ3n) is 17.0. The van der Waals surface area contributed by atoms with Gasteiger partial charge >= 0.3 is 11.9 Å². The molecule has 4 aliphatic carbocycles. The Morgan fingerprint density at radius 2 is 1.91 bits per heavy atom. The Morgan fingerprint density at radius 3 is 2.73 bits per heavy atom. The second-order valence-corrected chi connectivity index (χ2v) is 19.3. The van der Waals surface area contributed by atoms with E-state index in [-0.39, 0.29) is 35.6 Å². The Morgan fingerprint density at radius 1 is 1.05 bits per heavy atom. The van der Waals surface area contributed by atoms with Crippen LogP contribution in [-0.4, -0.2) is 65.1 Å². The Kier molecular flexibility index (Phi) is 7.65. The predicted molar refractivity (Wildman–Crippen MR) is 209 cm³/mol. The molecule has 12 atom stereocenters. The van der Waals surface area contributed by atoms with E-state index in [9.17, 15) is 9.90 Å². The van der Waals surface area contributed by atoms with E-state index >= 15 is 4.79 Å². The number of aliphatic hydroxyl groups excluding tert-OH is 1. The van der Waals surface area contributed by atoms with Crippen molar-refractivity contribution in [3.63, 3.8) is 0 Å². The zero-order valence-corrected chi connectivity index (χ0v) is 33.1. The minimum atomic E-state index is -1.12. The van der Waals surface area contributed by atoms with Gasteiger partial charge in [-0.25, -0.2) is 4.79 Å². The standard InChI is InChI=1S/C47H59N3O5/c1-4-8-31-22-37(51)42-45-18-17-33-34(15-14-32-26(3)20-29-13-16-36-30-21-27(23-49(31)25-30)24-50(36)41(29)40(32)33)46(45,44(53)54-42)38(9-5-2)47(45)35-12-6-10-28(11-7-19-48)39(35)43(52)55-47/h6,10,12,14-15,26-27,30-32,36,38,40,51H,4-5,7-9,11,13,16-25,48H2,1-3H3. The van der Waals surface area contributed by atoms with Crippen molar-refractivity contribution in [3.05, 3.63) is 81.0 Å². The summed E-state index contributed by atoms with van der Waals surface area (Å²) in [5.41, 5.74) is 11.1. The number of benzene rings is 1. The van der Waals surface area contributed by atoms with Gasteiger partial charge in [-0.05, 0) is 106 Å². The van der Waals surface area contributed by atoms with E-state index in [2.05, 4.69) is 54.9 Å². The van der Waals surface area contributed by atoms with Gasteiger partial charge in [-0.15, -0.1) is 0 Å².